The van der Waals surface area contributed by atoms with Crippen LogP contribution in [-0.2, 0) is 11.2 Å². The molecule has 2 aromatic carbocycles. The number of para-hydroxylation sites is 1. The summed E-state index contributed by atoms with van der Waals surface area (Å²) in [6.45, 7) is 6.30. The Labute approximate surface area is 168 Å². The Morgan fingerprint density at radius 2 is 1.57 bits per heavy atom. The van der Waals surface area contributed by atoms with Crippen molar-refractivity contribution in [3.8, 4) is 0 Å². The SMILES string of the molecule is O=C(CN1CCN(C/C=C/c2ccccc2)CC1)N1CCCc2ccccc21. The van der Waals surface area contributed by atoms with Crippen LogP contribution in [0.4, 0.5) is 5.69 Å². The van der Waals surface area contributed by atoms with Crippen molar-refractivity contribution in [1.29, 1.82) is 0 Å². The Balaban J connectivity index is 1.25. The third kappa shape index (κ3) is 4.70. The van der Waals surface area contributed by atoms with E-state index in [0.29, 0.717) is 6.54 Å². The smallest absolute Gasteiger partial charge is 0.241 e. The molecule has 0 radical (unpaired) electrons. The molecule has 2 aliphatic rings. The molecule has 0 spiro atoms. The van der Waals surface area contributed by atoms with Crippen molar-refractivity contribution in [3.63, 3.8) is 0 Å². The first-order chi connectivity index (χ1) is 13.8. The Morgan fingerprint density at radius 3 is 2.39 bits per heavy atom. The summed E-state index contributed by atoms with van der Waals surface area (Å²) in [7, 11) is 0. The van der Waals surface area contributed by atoms with Crippen LogP contribution < -0.4 is 4.90 Å². The van der Waals surface area contributed by atoms with Crippen LogP contribution >= 0.6 is 0 Å². The minimum absolute atomic E-state index is 0.240. The molecule has 0 N–H and O–H groups in total. The first kappa shape index (κ1) is 18.9. The number of nitrogens with zero attached hydrogens (tertiary/aromatic N) is 3. The predicted octanol–water partition coefficient (Wildman–Crippen LogP) is 3.30. The van der Waals surface area contributed by atoms with Crippen molar-refractivity contribution in [2.75, 3.05) is 50.7 Å². The van der Waals surface area contributed by atoms with Crippen molar-refractivity contribution in [2.45, 2.75) is 12.8 Å². The number of hydrogen-bond acceptors (Lipinski definition) is 3. The van der Waals surface area contributed by atoms with Crippen molar-refractivity contribution in [2.24, 2.45) is 0 Å². The molecule has 0 saturated carbocycles. The van der Waals surface area contributed by atoms with Crippen molar-refractivity contribution in [1.82, 2.24) is 9.80 Å². The molecule has 4 heteroatoms. The van der Waals surface area contributed by atoms with E-state index in [0.717, 1.165) is 57.8 Å². The van der Waals surface area contributed by atoms with Gasteiger partial charge in [0.25, 0.3) is 0 Å². The van der Waals surface area contributed by atoms with Crippen LogP contribution in [0.2, 0.25) is 0 Å². The lowest BCUT2D eigenvalue weighted by Gasteiger charge is -2.36. The summed E-state index contributed by atoms with van der Waals surface area (Å²) < 4.78 is 0. The topological polar surface area (TPSA) is 26.8 Å². The predicted molar refractivity (Wildman–Crippen MR) is 115 cm³/mol. The molecular formula is C24H29N3O. The number of rotatable bonds is 5. The normalized spacial score (nSPS) is 18.4. The van der Waals surface area contributed by atoms with E-state index in [4.69, 9.17) is 0 Å². The summed E-state index contributed by atoms with van der Waals surface area (Å²) >= 11 is 0. The highest BCUT2D eigenvalue weighted by Gasteiger charge is 2.25. The van der Waals surface area contributed by atoms with Gasteiger partial charge in [-0.25, -0.2) is 0 Å². The Hall–Kier alpha value is -2.43. The zero-order chi connectivity index (χ0) is 19.2. The van der Waals surface area contributed by atoms with Gasteiger partial charge in [0, 0.05) is 45.0 Å². The maximum absolute atomic E-state index is 12.9. The van der Waals surface area contributed by atoms with Crippen molar-refractivity contribution in [3.05, 3.63) is 71.8 Å². The fourth-order valence-electron chi connectivity index (χ4n) is 4.10. The Bertz CT molecular complexity index is 810. The van der Waals surface area contributed by atoms with Gasteiger partial charge in [0.2, 0.25) is 5.91 Å². The molecule has 0 atom stereocenters. The van der Waals surface area contributed by atoms with Crippen LogP contribution in [0.1, 0.15) is 17.5 Å². The van der Waals surface area contributed by atoms with E-state index in [1.54, 1.807) is 0 Å². The lowest BCUT2D eigenvalue weighted by Crippen LogP contribution is -2.50. The minimum Gasteiger partial charge on any atom is -0.311 e. The van der Waals surface area contributed by atoms with Gasteiger partial charge >= 0.3 is 0 Å². The number of fused-ring (bicyclic) bond motifs is 1. The Kier molecular flexibility index (Phi) is 6.20. The van der Waals surface area contributed by atoms with E-state index in [9.17, 15) is 4.79 Å². The zero-order valence-electron chi connectivity index (χ0n) is 16.5. The molecule has 28 heavy (non-hydrogen) atoms. The summed E-state index contributed by atoms with van der Waals surface area (Å²) in [5.41, 5.74) is 3.66. The molecule has 0 bridgehead atoms. The lowest BCUT2D eigenvalue weighted by molar-refractivity contribution is -0.120. The fourth-order valence-corrected chi connectivity index (χ4v) is 4.10. The van der Waals surface area contributed by atoms with E-state index in [-0.39, 0.29) is 5.91 Å². The van der Waals surface area contributed by atoms with E-state index < -0.39 is 0 Å². The highest BCUT2D eigenvalue weighted by molar-refractivity contribution is 5.95. The highest BCUT2D eigenvalue weighted by atomic mass is 16.2. The van der Waals surface area contributed by atoms with Crippen LogP contribution in [0, 0.1) is 0 Å². The standard InChI is InChI=1S/C24H29N3O/c28-24(27-15-7-12-22-11-4-5-13-23(22)27)20-26-18-16-25(17-19-26)14-6-10-21-8-2-1-3-9-21/h1-6,8-11,13H,7,12,14-20H2/b10-6+. The molecule has 2 heterocycles. The van der Waals surface area contributed by atoms with E-state index >= 15 is 0 Å². The van der Waals surface area contributed by atoms with E-state index in [2.05, 4.69) is 64.4 Å². The molecule has 4 nitrogen and oxygen atoms in total. The monoisotopic (exact) mass is 375 g/mol. The summed E-state index contributed by atoms with van der Waals surface area (Å²) in [5.74, 6) is 0.240. The number of benzene rings is 2. The van der Waals surface area contributed by atoms with Gasteiger partial charge in [-0.15, -0.1) is 0 Å². The number of piperazine rings is 1. The average molecular weight is 376 g/mol. The van der Waals surface area contributed by atoms with Gasteiger partial charge in [0.05, 0.1) is 6.54 Å². The van der Waals surface area contributed by atoms with E-state index in [1.165, 1.54) is 11.1 Å². The average Bonchev–Trinajstić information content (AvgIpc) is 2.75. The molecule has 2 aromatic rings. The van der Waals surface area contributed by atoms with Crippen LogP contribution in [0.5, 0.6) is 0 Å². The molecular weight excluding hydrogens is 346 g/mol. The third-order valence-corrected chi connectivity index (χ3v) is 5.71. The molecule has 0 aliphatic carbocycles. The second kappa shape index (κ2) is 9.18. The van der Waals surface area contributed by atoms with Gasteiger partial charge in [0.1, 0.15) is 0 Å². The molecule has 4 rings (SSSR count). The van der Waals surface area contributed by atoms with Gasteiger partial charge in [-0.1, -0.05) is 60.7 Å². The second-order valence-corrected chi connectivity index (χ2v) is 7.67. The van der Waals surface area contributed by atoms with Crippen molar-refractivity contribution >= 4 is 17.7 Å². The van der Waals surface area contributed by atoms with Gasteiger partial charge in [0.15, 0.2) is 0 Å². The summed E-state index contributed by atoms with van der Waals surface area (Å²) in [6, 6.07) is 18.8. The Morgan fingerprint density at radius 1 is 0.857 bits per heavy atom. The molecule has 2 aliphatic heterocycles. The minimum atomic E-state index is 0.240. The van der Waals surface area contributed by atoms with Crippen LogP contribution in [0.15, 0.2) is 60.7 Å². The van der Waals surface area contributed by atoms with Crippen LogP contribution in [0.25, 0.3) is 6.08 Å². The molecule has 1 amide bonds. The van der Waals surface area contributed by atoms with Gasteiger partial charge in [-0.05, 0) is 30.0 Å². The quantitative estimate of drug-likeness (QED) is 0.802. The maximum atomic E-state index is 12.9. The van der Waals surface area contributed by atoms with E-state index in [1.807, 2.05) is 17.0 Å². The first-order valence-corrected chi connectivity index (χ1v) is 10.3. The van der Waals surface area contributed by atoms with Gasteiger partial charge < -0.3 is 4.90 Å². The molecule has 0 aromatic heterocycles. The third-order valence-electron chi connectivity index (χ3n) is 5.71. The summed E-state index contributed by atoms with van der Waals surface area (Å²) in [5, 5.41) is 0. The van der Waals surface area contributed by atoms with Crippen LogP contribution in [0.3, 0.4) is 0 Å². The summed E-state index contributed by atoms with van der Waals surface area (Å²) in [6.07, 6.45) is 6.56. The zero-order valence-corrected chi connectivity index (χ0v) is 16.5. The molecule has 146 valence electrons. The summed E-state index contributed by atoms with van der Waals surface area (Å²) in [4.78, 5) is 19.7. The number of carbonyl (C=O) groups excluding carboxylic acids is 1. The second-order valence-electron chi connectivity index (χ2n) is 7.67. The number of hydrogen-bond donors (Lipinski definition) is 0. The largest absolute Gasteiger partial charge is 0.311 e. The lowest BCUT2D eigenvalue weighted by atomic mass is 10.0. The molecule has 1 fully saturated rings. The highest BCUT2D eigenvalue weighted by Crippen LogP contribution is 2.26. The molecule has 0 unspecified atom stereocenters. The molecule has 1 saturated heterocycles. The number of aryl methyl sites for hydroxylation is 1. The number of carbonyl (C=O) groups is 1. The first-order valence-electron chi connectivity index (χ1n) is 10.3. The number of anilines is 1. The maximum Gasteiger partial charge on any atom is 0.241 e. The van der Waals surface area contributed by atoms with Crippen molar-refractivity contribution < 1.29 is 4.79 Å². The number of amides is 1. The fraction of sp³-hybridized carbons (Fsp3) is 0.375. The van der Waals surface area contributed by atoms with Crippen LogP contribution in [-0.4, -0.2) is 61.5 Å². The van der Waals surface area contributed by atoms with Gasteiger partial charge in [-0.2, -0.15) is 0 Å². The van der Waals surface area contributed by atoms with Gasteiger partial charge in [-0.3, -0.25) is 14.6 Å².